The number of pyridine rings is 1. The molecule has 3 heteroatoms. The van der Waals surface area contributed by atoms with Gasteiger partial charge in [0.1, 0.15) is 6.10 Å². The Kier molecular flexibility index (Phi) is 3.44. The molecule has 1 aliphatic heterocycles. The van der Waals surface area contributed by atoms with Gasteiger partial charge in [0, 0.05) is 24.3 Å². The van der Waals surface area contributed by atoms with E-state index in [-0.39, 0.29) is 6.10 Å². The topological polar surface area (TPSA) is 34.1 Å². The van der Waals surface area contributed by atoms with Crippen LogP contribution in [0.5, 0.6) is 5.88 Å². The van der Waals surface area contributed by atoms with Crippen molar-refractivity contribution in [2.24, 2.45) is 5.92 Å². The molecule has 0 bridgehead atoms. The molecule has 88 valence electrons. The van der Waals surface area contributed by atoms with Crippen LogP contribution in [0.3, 0.4) is 0 Å². The van der Waals surface area contributed by atoms with Crippen LogP contribution in [0.1, 0.15) is 32.0 Å². The molecular formula is C13H20N2O. The van der Waals surface area contributed by atoms with Gasteiger partial charge in [0.05, 0.1) is 0 Å². The van der Waals surface area contributed by atoms with Crippen molar-refractivity contribution in [2.45, 2.75) is 39.8 Å². The largest absolute Gasteiger partial charge is 0.473 e. The lowest BCUT2D eigenvalue weighted by Gasteiger charge is -2.12. The second-order valence-corrected chi connectivity index (χ2v) is 4.92. The van der Waals surface area contributed by atoms with Crippen LogP contribution in [0.4, 0.5) is 0 Å². The van der Waals surface area contributed by atoms with Gasteiger partial charge in [-0.05, 0) is 25.3 Å². The van der Waals surface area contributed by atoms with E-state index in [1.165, 1.54) is 0 Å². The molecule has 2 rings (SSSR count). The van der Waals surface area contributed by atoms with Gasteiger partial charge in [-0.15, -0.1) is 0 Å². The van der Waals surface area contributed by atoms with E-state index < -0.39 is 0 Å². The molecule has 0 saturated heterocycles. The van der Waals surface area contributed by atoms with Crippen molar-refractivity contribution in [3.63, 3.8) is 0 Å². The second kappa shape index (κ2) is 4.83. The maximum absolute atomic E-state index is 5.81. The highest BCUT2D eigenvalue weighted by atomic mass is 16.5. The fraction of sp³-hybridized carbons (Fsp3) is 0.615. The summed E-state index contributed by atoms with van der Waals surface area (Å²) in [4.78, 5) is 4.60. The molecule has 2 heterocycles. The molecule has 0 unspecified atom stereocenters. The summed E-state index contributed by atoms with van der Waals surface area (Å²) in [5.41, 5.74) is 2.29. The molecule has 0 aliphatic carbocycles. The van der Waals surface area contributed by atoms with Gasteiger partial charge in [0.2, 0.25) is 5.88 Å². The summed E-state index contributed by atoms with van der Waals surface area (Å²) in [5, 5.41) is 3.35. The zero-order chi connectivity index (χ0) is 11.5. The molecule has 1 atom stereocenters. The number of hydrogen-bond donors (Lipinski definition) is 1. The predicted octanol–water partition coefficient (Wildman–Crippen LogP) is 2.15. The molecule has 1 aromatic heterocycles. The summed E-state index contributed by atoms with van der Waals surface area (Å²) in [6.45, 7) is 8.22. The van der Waals surface area contributed by atoms with Gasteiger partial charge < -0.3 is 10.1 Å². The normalized spacial score (nSPS) is 20.1. The highest BCUT2D eigenvalue weighted by molar-refractivity contribution is 5.29. The third-order valence-electron chi connectivity index (χ3n) is 2.67. The minimum atomic E-state index is 0.197. The number of nitrogens with zero attached hydrogens (tertiary/aromatic N) is 1. The average molecular weight is 220 g/mol. The molecule has 0 saturated carbocycles. The van der Waals surface area contributed by atoms with Crippen molar-refractivity contribution in [3.8, 4) is 5.88 Å². The molecule has 0 amide bonds. The van der Waals surface area contributed by atoms with E-state index in [4.69, 9.17) is 4.74 Å². The summed E-state index contributed by atoms with van der Waals surface area (Å²) >= 11 is 0. The summed E-state index contributed by atoms with van der Waals surface area (Å²) in [7, 11) is 0. The first kappa shape index (κ1) is 11.4. The van der Waals surface area contributed by atoms with Gasteiger partial charge in [-0.3, -0.25) is 0 Å². The smallest absolute Gasteiger partial charge is 0.218 e. The van der Waals surface area contributed by atoms with Gasteiger partial charge >= 0.3 is 0 Å². The number of ether oxygens (including phenoxy) is 1. The third kappa shape index (κ3) is 2.73. The number of nitrogens with one attached hydrogen (secondary N) is 1. The van der Waals surface area contributed by atoms with Crippen molar-refractivity contribution in [1.82, 2.24) is 10.3 Å². The lowest BCUT2D eigenvalue weighted by molar-refractivity contribution is 0.217. The Morgan fingerprint density at radius 2 is 2.31 bits per heavy atom. The van der Waals surface area contributed by atoms with Gasteiger partial charge in [-0.2, -0.15) is 0 Å². The first-order valence-corrected chi connectivity index (χ1v) is 6.01. The number of aromatic nitrogens is 1. The monoisotopic (exact) mass is 220 g/mol. The zero-order valence-electron chi connectivity index (χ0n) is 10.3. The molecule has 3 nitrogen and oxygen atoms in total. The summed E-state index contributed by atoms with van der Waals surface area (Å²) in [6, 6.07) is 4.24. The van der Waals surface area contributed by atoms with Crippen molar-refractivity contribution in [2.75, 3.05) is 6.54 Å². The Bertz CT molecular complexity index is 363. The van der Waals surface area contributed by atoms with Crippen LogP contribution < -0.4 is 10.1 Å². The number of fused-ring (bicyclic) bond motifs is 1. The Balaban J connectivity index is 2.22. The van der Waals surface area contributed by atoms with E-state index >= 15 is 0 Å². The number of hydrogen-bond acceptors (Lipinski definition) is 3. The lowest BCUT2D eigenvalue weighted by atomic mass is 10.1. The van der Waals surface area contributed by atoms with Crippen LogP contribution in [-0.2, 0) is 13.0 Å². The zero-order valence-corrected chi connectivity index (χ0v) is 10.3. The van der Waals surface area contributed by atoms with E-state index in [9.17, 15) is 0 Å². The Morgan fingerprint density at radius 1 is 1.50 bits per heavy atom. The van der Waals surface area contributed by atoms with Crippen molar-refractivity contribution < 1.29 is 4.74 Å². The van der Waals surface area contributed by atoms with Crippen LogP contribution in [0.2, 0.25) is 0 Å². The minimum absolute atomic E-state index is 0.197. The first-order chi connectivity index (χ1) is 7.65. The molecule has 1 N–H and O–H groups in total. The predicted molar refractivity (Wildman–Crippen MR) is 64.6 cm³/mol. The average Bonchev–Trinajstić information content (AvgIpc) is 2.37. The highest BCUT2D eigenvalue weighted by Crippen LogP contribution is 2.20. The van der Waals surface area contributed by atoms with E-state index in [0.717, 1.165) is 36.6 Å². The van der Waals surface area contributed by atoms with Gasteiger partial charge in [-0.25, -0.2) is 4.98 Å². The quantitative estimate of drug-likeness (QED) is 0.829. The van der Waals surface area contributed by atoms with Crippen LogP contribution in [0, 0.1) is 5.92 Å². The van der Waals surface area contributed by atoms with E-state index in [1.54, 1.807) is 0 Å². The fourth-order valence-electron chi connectivity index (χ4n) is 1.92. The van der Waals surface area contributed by atoms with Crippen molar-refractivity contribution >= 4 is 0 Å². The molecule has 1 aliphatic rings. The molecule has 16 heavy (non-hydrogen) atoms. The third-order valence-corrected chi connectivity index (χ3v) is 2.67. The molecular weight excluding hydrogens is 200 g/mol. The van der Waals surface area contributed by atoms with Crippen LogP contribution >= 0.6 is 0 Å². The summed E-state index contributed by atoms with van der Waals surface area (Å²) < 4.78 is 5.81. The minimum Gasteiger partial charge on any atom is -0.473 e. The lowest BCUT2D eigenvalue weighted by Crippen LogP contribution is -2.25. The van der Waals surface area contributed by atoms with Gasteiger partial charge in [-0.1, -0.05) is 19.9 Å². The van der Waals surface area contributed by atoms with Crippen molar-refractivity contribution in [3.05, 3.63) is 23.4 Å². The maximum atomic E-state index is 5.81. The Labute approximate surface area is 97.2 Å². The van der Waals surface area contributed by atoms with Crippen LogP contribution in [0.25, 0.3) is 0 Å². The Morgan fingerprint density at radius 3 is 3.06 bits per heavy atom. The van der Waals surface area contributed by atoms with Crippen LogP contribution in [-0.4, -0.2) is 17.6 Å². The van der Waals surface area contributed by atoms with E-state index in [1.807, 2.05) is 0 Å². The second-order valence-electron chi connectivity index (χ2n) is 4.92. The SMILES string of the molecule is CC(C)Cc1ccc2c(n1)O[C@H](C)CNC2. The summed E-state index contributed by atoms with van der Waals surface area (Å²) in [5.74, 6) is 1.45. The van der Waals surface area contributed by atoms with Crippen LogP contribution in [0.15, 0.2) is 12.1 Å². The molecule has 1 aromatic rings. The fourth-order valence-corrected chi connectivity index (χ4v) is 1.92. The molecule has 0 radical (unpaired) electrons. The Hall–Kier alpha value is -1.09. The van der Waals surface area contributed by atoms with E-state index in [0.29, 0.717) is 5.92 Å². The van der Waals surface area contributed by atoms with Gasteiger partial charge in [0.25, 0.3) is 0 Å². The van der Waals surface area contributed by atoms with Crippen molar-refractivity contribution in [1.29, 1.82) is 0 Å². The maximum Gasteiger partial charge on any atom is 0.218 e. The number of rotatable bonds is 2. The van der Waals surface area contributed by atoms with Gasteiger partial charge in [0.15, 0.2) is 0 Å². The molecule has 0 aromatic carbocycles. The molecule has 0 spiro atoms. The van der Waals surface area contributed by atoms with E-state index in [2.05, 4.69) is 43.2 Å². The molecule has 0 fully saturated rings. The first-order valence-electron chi connectivity index (χ1n) is 6.01. The highest BCUT2D eigenvalue weighted by Gasteiger charge is 2.15. The summed E-state index contributed by atoms with van der Waals surface area (Å²) in [6.07, 6.45) is 1.21. The standard InChI is InChI=1S/C13H20N2O/c1-9(2)6-12-5-4-11-8-14-7-10(3)16-13(11)15-12/h4-5,9-10,14H,6-8H2,1-3H3/t10-/m1/s1.